The maximum absolute atomic E-state index is 13.4. The number of carbonyl (C=O) groups is 1. The van der Waals surface area contributed by atoms with Crippen LogP contribution in [0.2, 0.25) is 0 Å². The van der Waals surface area contributed by atoms with Crippen LogP contribution in [-0.4, -0.2) is 47.9 Å². The quantitative estimate of drug-likeness (QED) is 0.873. The molecule has 1 aromatic heterocycles. The molecule has 7 nitrogen and oxygen atoms in total. The lowest BCUT2D eigenvalue weighted by molar-refractivity contribution is -0.147. The van der Waals surface area contributed by atoms with Crippen LogP contribution < -0.4 is 14.8 Å². The Kier molecular flexibility index (Phi) is 4.58. The number of rotatable bonds is 4. The summed E-state index contributed by atoms with van der Waals surface area (Å²) in [5.74, 6) is -0.990. The number of nitrogens with zero attached hydrogens (tertiary/aromatic N) is 2. The van der Waals surface area contributed by atoms with E-state index in [9.17, 15) is 18.0 Å². The first kappa shape index (κ1) is 17.9. The Morgan fingerprint density at radius 1 is 1.22 bits per heavy atom. The number of hydrogen-bond acceptors (Lipinski definition) is 5. The van der Waals surface area contributed by atoms with Crippen LogP contribution in [0, 0.1) is 0 Å². The molecule has 4 rings (SSSR count). The van der Waals surface area contributed by atoms with E-state index in [4.69, 9.17) is 14.2 Å². The lowest BCUT2D eigenvalue weighted by atomic mass is 10.2. The lowest BCUT2D eigenvalue weighted by Gasteiger charge is -2.18. The molecule has 1 saturated heterocycles. The Bertz CT molecular complexity index is 859. The zero-order valence-corrected chi connectivity index (χ0v) is 14.3. The molecule has 2 aromatic rings. The van der Waals surface area contributed by atoms with Crippen molar-refractivity contribution in [1.29, 1.82) is 0 Å². The second kappa shape index (κ2) is 6.91. The van der Waals surface area contributed by atoms with E-state index >= 15 is 0 Å². The summed E-state index contributed by atoms with van der Waals surface area (Å²) in [6.07, 6.45) is -3.05. The molecule has 3 heterocycles. The van der Waals surface area contributed by atoms with Crippen LogP contribution >= 0.6 is 0 Å². The fourth-order valence-corrected chi connectivity index (χ4v) is 3.27. The predicted octanol–water partition coefficient (Wildman–Crippen LogP) is 2.12. The first-order chi connectivity index (χ1) is 12.9. The second-order valence-corrected chi connectivity index (χ2v) is 6.44. The van der Waals surface area contributed by atoms with Crippen LogP contribution in [0.4, 0.5) is 13.2 Å². The maximum Gasteiger partial charge on any atom is 0.449 e. The molecule has 0 unspecified atom stereocenters. The number of benzene rings is 1. The van der Waals surface area contributed by atoms with Crippen molar-refractivity contribution < 1.29 is 32.2 Å². The number of hydrogen-bond donors (Lipinski definition) is 1. The molecule has 2 aliphatic rings. The number of alkyl halides is 3. The van der Waals surface area contributed by atoms with E-state index in [2.05, 4.69) is 10.3 Å². The van der Waals surface area contributed by atoms with Crippen LogP contribution in [0.15, 0.2) is 12.1 Å². The van der Waals surface area contributed by atoms with Crippen LogP contribution in [0.3, 0.4) is 0 Å². The summed E-state index contributed by atoms with van der Waals surface area (Å²) in [6, 6.07) is 2.83. The summed E-state index contributed by atoms with van der Waals surface area (Å²) in [5.41, 5.74) is 0.261. The molecule has 2 aliphatic heterocycles. The molecule has 1 atom stereocenters. The highest BCUT2D eigenvalue weighted by Gasteiger charge is 2.38. The Balaban J connectivity index is 1.63. The summed E-state index contributed by atoms with van der Waals surface area (Å²) in [7, 11) is 0. The van der Waals surface area contributed by atoms with E-state index in [1.54, 1.807) is 0 Å². The number of carbonyl (C=O) groups excluding carboxylic acids is 1. The van der Waals surface area contributed by atoms with Crippen molar-refractivity contribution in [2.75, 3.05) is 26.4 Å². The van der Waals surface area contributed by atoms with Crippen molar-refractivity contribution in [3.63, 3.8) is 0 Å². The maximum atomic E-state index is 13.4. The van der Waals surface area contributed by atoms with Crippen molar-refractivity contribution in [3.05, 3.63) is 18.0 Å². The SMILES string of the molecule is O=C(Cn1c(C(F)(F)F)nc2cc3c(cc21)OCCO3)NC[C@@H]1CCCO1. The molecule has 0 aliphatic carbocycles. The van der Waals surface area contributed by atoms with Crippen LogP contribution in [0.1, 0.15) is 18.7 Å². The van der Waals surface area contributed by atoms with E-state index in [1.165, 1.54) is 12.1 Å². The average Bonchev–Trinajstić information content (AvgIpc) is 3.26. The van der Waals surface area contributed by atoms with Crippen LogP contribution in [0.25, 0.3) is 11.0 Å². The molecule has 0 bridgehead atoms. The molecule has 1 fully saturated rings. The van der Waals surface area contributed by atoms with Gasteiger partial charge >= 0.3 is 6.18 Å². The summed E-state index contributed by atoms with van der Waals surface area (Å²) in [5, 5.41) is 2.63. The van der Waals surface area contributed by atoms with Gasteiger partial charge in [-0.05, 0) is 12.8 Å². The molecule has 1 amide bonds. The molecule has 1 aromatic carbocycles. The summed E-state index contributed by atoms with van der Waals surface area (Å²) >= 11 is 0. The zero-order valence-electron chi connectivity index (χ0n) is 14.3. The van der Waals surface area contributed by atoms with Crippen LogP contribution in [-0.2, 0) is 22.3 Å². The fourth-order valence-electron chi connectivity index (χ4n) is 3.27. The molecular weight excluding hydrogens is 367 g/mol. The Morgan fingerprint density at radius 3 is 2.63 bits per heavy atom. The third kappa shape index (κ3) is 3.66. The van der Waals surface area contributed by atoms with Gasteiger partial charge in [-0.1, -0.05) is 0 Å². The van der Waals surface area contributed by atoms with E-state index in [0.717, 1.165) is 17.4 Å². The van der Waals surface area contributed by atoms with Gasteiger partial charge in [0.2, 0.25) is 11.7 Å². The normalized spacial score (nSPS) is 19.4. The van der Waals surface area contributed by atoms with Crippen molar-refractivity contribution in [1.82, 2.24) is 14.9 Å². The van der Waals surface area contributed by atoms with Crippen molar-refractivity contribution in [2.45, 2.75) is 31.7 Å². The number of fused-ring (bicyclic) bond motifs is 2. The number of halogens is 3. The topological polar surface area (TPSA) is 74.6 Å². The summed E-state index contributed by atoms with van der Waals surface area (Å²) in [6.45, 7) is 1.03. The molecule has 27 heavy (non-hydrogen) atoms. The highest BCUT2D eigenvalue weighted by atomic mass is 19.4. The molecule has 1 N–H and O–H groups in total. The highest BCUT2D eigenvalue weighted by molar-refractivity contribution is 5.84. The number of imidazole rings is 1. The van der Waals surface area contributed by atoms with Gasteiger partial charge in [-0.15, -0.1) is 0 Å². The Labute approximate surface area is 152 Å². The molecule has 0 saturated carbocycles. The smallest absolute Gasteiger partial charge is 0.449 e. The predicted molar refractivity (Wildman–Crippen MR) is 87.7 cm³/mol. The molecular formula is C17H18F3N3O4. The van der Waals surface area contributed by atoms with E-state index in [-0.39, 0.29) is 23.7 Å². The van der Waals surface area contributed by atoms with Gasteiger partial charge in [-0.25, -0.2) is 4.98 Å². The Hall–Kier alpha value is -2.49. The minimum absolute atomic E-state index is 0.0897. The van der Waals surface area contributed by atoms with Gasteiger partial charge in [0.25, 0.3) is 0 Å². The number of aromatic nitrogens is 2. The van der Waals surface area contributed by atoms with Crippen LogP contribution in [0.5, 0.6) is 11.5 Å². The molecule has 0 spiro atoms. The zero-order chi connectivity index (χ0) is 19.0. The minimum atomic E-state index is -4.70. The number of nitrogens with one attached hydrogen (secondary N) is 1. The van der Waals surface area contributed by atoms with Crippen molar-refractivity contribution >= 4 is 16.9 Å². The van der Waals surface area contributed by atoms with Crippen molar-refractivity contribution in [2.24, 2.45) is 0 Å². The Morgan fingerprint density at radius 2 is 1.96 bits per heavy atom. The third-order valence-corrected chi connectivity index (χ3v) is 4.52. The minimum Gasteiger partial charge on any atom is -0.486 e. The van der Waals surface area contributed by atoms with Gasteiger partial charge in [0.05, 0.1) is 17.1 Å². The van der Waals surface area contributed by atoms with Crippen molar-refractivity contribution in [3.8, 4) is 11.5 Å². The first-order valence-corrected chi connectivity index (χ1v) is 8.67. The van der Waals surface area contributed by atoms with Gasteiger partial charge in [0.15, 0.2) is 11.5 Å². The van der Waals surface area contributed by atoms with E-state index < -0.39 is 24.5 Å². The van der Waals surface area contributed by atoms with Gasteiger partial charge in [-0.2, -0.15) is 13.2 Å². The standard InChI is InChI=1S/C17H18F3N3O4/c18-17(19,20)16-22-11-6-13-14(27-5-4-26-13)7-12(11)23(16)9-15(24)21-8-10-2-1-3-25-10/h6-7,10H,1-5,8-9H2,(H,21,24)/t10-/m0/s1. The largest absolute Gasteiger partial charge is 0.486 e. The number of amides is 1. The summed E-state index contributed by atoms with van der Waals surface area (Å²) < 4.78 is 57.4. The highest BCUT2D eigenvalue weighted by Crippen LogP contribution is 2.37. The lowest BCUT2D eigenvalue weighted by Crippen LogP contribution is -2.35. The van der Waals surface area contributed by atoms with E-state index in [1.807, 2.05) is 0 Å². The van der Waals surface area contributed by atoms with Gasteiger partial charge < -0.3 is 24.1 Å². The molecule has 10 heteroatoms. The van der Waals surface area contributed by atoms with Gasteiger partial charge in [0, 0.05) is 25.3 Å². The molecule has 146 valence electrons. The van der Waals surface area contributed by atoms with Gasteiger partial charge in [0.1, 0.15) is 19.8 Å². The number of ether oxygens (including phenoxy) is 3. The fraction of sp³-hybridized carbons (Fsp3) is 0.529. The second-order valence-electron chi connectivity index (χ2n) is 6.44. The average molecular weight is 385 g/mol. The van der Waals surface area contributed by atoms with E-state index in [0.29, 0.717) is 31.3 Å². The third-order valence-electron chi connectivity index (χ3n) is 4.52. The summed E-state index contributed by atoms with van der Waals surface area (Å²) in [4.78, 5) is 15.9. The van der Waals surface area contributed by atoms with Gasteiger partial charge in [-0.3, -0.25) is 4.79 Å². The first-order valence-electron chi connectivity index (χ1n) is 8.67. The monoisotopic (exact) mass is 385 g/mol. The molecule has 0 radical (unpaired) electrons.